The molecule has 0 bridgehead atoms. The first-order valence-corrected chi connectivity index (χ1v) is 7.88. The van der Waals surface area contributed by atoms with Gasteiger partial charge in [0.05, 0.1) is 12.4 Å². The molecule has 0 heterocycles. The maximum atomic E-state index is 12.7. The highest BCUT2D eigenvalue weighted by Gasteiger charge is 2.33. The van der Waals surface area contributed by atoms with Gasteiger partial charge in [0.1, 0.15) is 5.82 Å². The van der Waals surface area contributed by atoms with E-state index in [-0.39, 0.29) is 23.7 Å². The average Bonchev–Trinajstić information content (AvgIpc) is 2.94. The van der Waals surface area contributed by atoms with Gasteiger partial charge in [-0.3, -0.25) is 4.79 Å². The molecule has 1 aromatic carbocycles. The van der Waals surface area contributed by atoms with Crippen molar-refractivity contribution in [2.45, 2.75) is 30.6 Å². The van der Waals surface area contributed by atoms with Crippen LogP contribution in [0.5, 0.6) is 0 Å². The molecule has 5 heteroatoms. The van der Waals surface area contributed by atoms with Gasteiger partial charge in [-0.05, 0) is 37.1 Å². The predicted octanol–water partition coefficient (Wildman–Crippen LogP) is 2.59. The fraction of sp³-hybridized carbons (Fsp3) is 0.533. The smallest absolute Gasteiger partial charge is 0.230 e. The summed E-state index contributed by atoms with van der Waals surface area (Å²) in [5, 5.41) is 12.4. The van der Waals surface area contributed by atoms with Gasteiger partial charge in [-0.15, -0.1) is 11.8 Å². The Morgan fingerprint density at radius 2 is 1.95 bits per heavy atom. The molecule has 1 amide bonds. The third-order valence-electron chi connectivity index (χ3n) is 3.84. The van der Waals surface area contributed by atoms with Gasteiger partial charge < -0.3 is 10.4 Å². The maximum absolute atomic E-state index is 12.7. The summed E-state index contributed by atoms with van der Waals surface area (Å²) in [5.41, 5.74) is -0.115. The molecule has 0 aromatic heterocycles. The van der Waals surface area contributed by atoms with Crippen molar-refractivity contribution in [2.75, 3.05) is 18.9 Å². The highest BCUT2D eigenvalue weighted by Crippen LogP contribution is 2.36. The van der Waals surface area contributed by atoms with E-state index in [1.54, 1.807) is 12.1 Å². The van der Waals surface area contributed by atoms with Crippen LogP contribution in [-0.2, 0) is 4.79 Å². The zero-order chi connectivity index (χ0) is 14.4. The first-order chi connectivity index (χ1) is 9.63. The Morgan fingerprint density at radius 3 is 2.55 bits per heavy atom. The van der Waals surface area contributed by atoms with Gasteiger partial charge >= 0.3 is 0 Å². The summed E-state index contributed by atoms with van der Waals surface area (Å²) in [5.74, 6) is -0.00313. The molecule has 3 nitrogen and oxygen atoms in total. The molecule has 0 unspecified atom stereocenters. The van der Waals surface area contributed by atoms with Gasteiger partial charge in [0.2, 0.25) is 5.91 Å². The number of halogens is 1. The molecule has 1 fully saturated rings. The summed E-state index contributed by atoms with van der Waals surface area (Å²) < 4.78 is 12.7. The van der Waals surface area contributed by atoms with E-state index in [0.29, 0.717) is 12.3 Å². The normalized spacial score (nSPS) is 17.1. The van der Waals surface area contributed by atoms with E-state index in [4.69, 9.17) is 0 Å². The van der Waals surface area contributed by atoms with E-state index in [0.717, 1.165) is 30.6 Å². The molecule has 2 N–H and O–H groups in total. The van der Waals surface area contributed by atoms with Crippen molar-refractivity contribution in [1.82, 2.24) is 5.32 Å². The number of nitrogens with one attached hydrogen (secondary N) is 1. The number of hydrogen-bond acceptors (Lipinski definition) is 3. The molecule has 2 rings (SSSR count). The topological polar surface area (TPSA) is 49.3 Å². The number of aliphatic hydroxyl groups is 1. The molecular formula is C15H20FNO2S. The Kier molecular flexibility index (Phi) is 5.43. The summed E-state index contributed by atoms with van der Waals surface area (Å²) in [6.07, 6.45) is 4.21. The molecule has 1 aliphatic carbocycles. The SMILES string of the molecule is O=C(CSc1ccc(F)cc1)NCC1(CO)CCCC1. The van der Waals surface area contributed by atoms with Crippen molar-refractivity contribution in [2.24, 2.45) is 5.41 Å². The number of hydrogen-bond donors (Lipinski definition) is 2. The molecule has 0 saturated heterocycles. The second-order valence-electron chi connectivity index (χ2n) is 5.38. The summed E-state index contributed by atoms with van der Waals surface area (Å²) in [6.45, 7) is 0.685. The Balaban J connectivity index is 1.74. The van der Waals surface area contributed by atoms with Gasteiger partial charge in [-0.1, -0.05) is 12.8 Å². The fourth-order valence-electron chi connectivity index (χ4n) is 2.53. The first-order valence-electron chi connectivity index (χ1n) is 6.89. The van der Waals surface area contributed by atoms with Gasteiger partial charge in [-0.25, -0.2) is 4.39 Å². The number of benzene rings is 1. The third kappa shape index (κ3) is 4.21. The standard InChI is InChI=1S/C15H20FNO2S/c16-12-3-5-13(6-4-12)20-9-14(19)17-10-15(11-18)7-1-2-8-15/h3-6,18H,1-2,7-11H2,(H,17,19). The van der Waals surface area contributed by atoms with E-state index >= 15 is 0 Å². The molecule has 0 radical (unpaired) electrons. The van der Waals surface area contributed by atoms with Crippen LogP contribution in [0.25, 0.3) is 0 Å². The molecule has 0 atom stereocenters. The van der Waals surface area contributed by atoms with Crippen molar-refractivity contribution in [3.63, 3.8) is 0 Å². The van der Waals surface area contributed by atoms with Crippen molar-refractivity contribution >= 4 is 17.7 Å². The molecule has 1 aromatic rings. The average molecular weight is 297 g/mol. The van der Waals surface area contributed by atoms with Crippen molar-refractivity contribution in [1.29, 1.82) is 0 Å². The largest absolute Gasteiger partial charge is 0.396 e. The summed E-state index contributed by atoms with van der Waals surface area (Å²) >= 11 is 1.39. The molecule has 0 aliphatic heterocycles. The quantitative estimate of drug-likeness (QED) is 0.794. The van der Waals surface area contributed by atoms with Gasteiger partial charge in [0.15, 0.2) is 0 Å². The van der Waals surface area contributed by atoms with Crippen molar-refractivity contribution < 1.29 is 14.3 Å². The van der Waals surface area contributed by atoms with Crippen LogP contribution in [0.2, 0.25) is 0 Å². The minimum absolute atomic E-state index is 0.0425. The molecule has 1 aliphatic rings. The second kappa shape index (κ2) is 7.09. The van der Waals surface area contributed by atoms with Crippen LogP contribution in [0, 0.1) is 11.2 Å². The molecular weight excluding hydrogens is 277 g/mol. The van der Waals surface area contributed by atoms with Crippen LogP contribution >= 0.6 is 11.8 Å². The predicted molar refractivity (Wildman–Crippen MR) is 78.1 cm³/mol. The number of thioether (sulfide) groups is 1. The molecule has 1 saturated carbocycles. The van der Waals surface area contributed by atoms with E-state index < -0.39 is 0 Å². The fourth-order valence-corrected chi connectivity index (χ4v) is 3.26. The van der Waals surface area contributed by atoms with E-state index in [2.05, 4.69) is 5.32 Å². The van der Waals surface area contributed by atoms with Crippen molar-refractivity contribution in [3.8, 4) is 0 Å². The first kappa shape index (κ1) is 15.3. The number of aliphatic hydroxyl groups excluding tert-OH is 1. The maximum Gasteiger partial charge on any atom is 0.230 e. The molecule has 110 valence electrons. The van der Waals surface area contributed by atoms with E-state index in [1.165, 1.54) is 23.9 Å². The Bertz CT molecular complexity index is 444. The number of carbonyl (C=O) groups is 1. The lowest BCUT2D eigenvalue weighted by Crippen LogP contribution is -2.39. The Labute approximate surface area is 123 Å². The summed E-state index contributed by atoms with van der Waals surface area (Å²) in [7, 11) is 0. The van der Waals surface area contributed by atoms with E-state index in [9.17, 15) is 14.3 Å². The monoisotopic (exact) mass is 297 g/mol. The third-order valence-corrected chi connectivity index (χ3v) is 4.86. The van der Waals surface area contributed by atoms with Crippen molar-refractivity contribution in [3.05, 3.63) is 30.1 Å². The minimum Gasteiger partial charge on any atom is -0.396 e. The Morgan fingerprint density at radius 1 is 1.30 bits per heavy atom. The van der Waals surface area contributed by atoms with Crippen LogP contribution < -0.4 is 5.32 Å². The minimum atomic E-state index is -0.273. The molecule has 0 spiro atoms. The van der Waals surface area contributed by atoms with Crippen LogP contribution in [0.4, 0.5) is 4.39 Å². The lowest BCUT2D eigenvalue weighted by Gasteiger charge is -2.26. The lowest BCUT2D eigenvalue weighted by molar-refractivity contribution is -0.119. The zero-order valence-electron chi connectivity index (χ0n) is 11.4. The lowest BCUT2D eigenvalue weighted by atomic mass is 9.87. The van der Waals surface area contributed by atoms with Gasteiger partial charge in [0.25, 0.3) is 0 Å². The second-order valence-corrected chi connectivity index (χ2v) is 6.43. The number of rotatable bonds is 6. The molecule has 20 heavy (non-hydrogen) atoms. The number of carbonyl (C=O) groups excluding carboxylic acids is 1. The summed E-state index contributed by atoms with van der Waals surface area (Å²) in [4.78, 5) is 12.7. The highest BCUT2D eigenvalue weighted by atomic mass is 32.2. The zero-order valence-corrected chi connectivity index (χ0v) is 12.2. The van der Waals surface area contributed by atoms with Crippen LogP contribution in [0.3, 0.4) is 0 Å². The van der Waals surface area contributed by atoms with Crippen LogP contribution in [0.15, 0.2) is 29.2 Å². The Hall–Kier alpha value is -1.07. The summed E-state index contributed by atoms with van der Waals surface area (Å²) in [6, 6.07) is 6.11. The number of amides is 1. The highest BCUT2D eigenvalue weighted by molar-refractivity contribution is 8.00. The van der Waals surface area contributed by atoms with Crippen LogP contribution in [0.1, 0.15) is 25.7 Å². The van der Waals surface area contributed by atoms with Crippen LogP contribution in [-0.4, -0.2) is 29.9 Å². The van der Waals surface area contributed by atoms with Gasteiger partial charge in [0, 0.05) is 16.9 Å². The van der Waals surface area contributed by atoms with E-state index in [1.807, 2.05) is 0 Å². The van der Waals surface area contributed by atoms with Gasteiger partial charge in [-0.2, -0.15) is 0 Å².